The molecule has 0 aromatic rings. The van der Waals surface area contributed by atoms with E-state index in [9.17, 15) is 10.2 Å². The van der Waals surface area contributed by atoms with Gasteiger partial charge in [-0.25, -0.2) is 0 Å². The molecule has 0 aliphatic heterocycles. The van der Waals surface area contributed by atoms with Crippen LogP contribution in [-0.4, -0.2) is 6.61 Å². The summed E-state index contributed by atoms with van der Waals surface area (Å²) in [5.41, 5.74) is 0. The molecule has 36 valence electrons. The van der Waals surface area contributed by atoms with E-state index >= 15 is 0 Å². The molecule has 8 heavy (non-hydrogen) atoms. The Balaban J connectivity index is -0.000000125. The maximum atomic E-state index is 9.50. The minimum absolute atomic E-state index is 0. The van der Waals surface area contributed by atoms with Gasteiger partial charge < -0.3 is 10.2 Å². The smallest absolute Gasteiger partial charge is 0.878 e. The van der Waals surface area contributed by atoms with Crippen LogP contribution >= 0.6 is 0 Å². The molecule has 0 amide bonds. The molecule has 0 radical (unpaired) electrons. The standard InChI is InChI=1S/C4H7O2.2Na/c5-3-1-2-4-6;;/h1,3,5H,2,4H2;;/q-1;2*+1/p-1. The van der Waals surface area contributed by atoms with Crippen LogP contribution in [0.1, 0.15) is 6.42 Å². The summed E-state index contributed by atoms with van der Waals surface area (Å²) in [7, 11) is 0. The van der Waals surface area contributed by atoms with Crippen molar-refractivity contribution in [2.24, 2.45) is 0 Å². The van der Waals surface area contributed by atoms with Crippen molar-refractivity contribution in [2.45, 2.75) is 6.42 Å². The van der Waals surface area contributed by atoms with Gasteiger partial charge in [-0.15, -0.1) is 12.7 Å². The Morgan fingerprint density at radius 3 is 1.88 bits per heavy atom. The average molecular weight is 132 g/mol. The summed E-state index contributed by atoms with van der Waals surface area (Å²) >= 11 is 0. The largest absolute Gasteiger partial charge is 1.00 e. The molecule has 0 aliphatic carbocycles. The van der Waals surface area contributed by atoms with Gasteiger partial charge in [0.05, 0.1) is 0 Å². The van der Waals surface area contributed by atoms with E-state index in [1.54, 1.807) is 0 Å². The number of hydrogen-bond donors (Lipinski definition) is 0. The van der Waals surface area contributed by atoms with Crippen molar-refractivity contribution in [3.05, 3.63) is 12.3 Å². The predicted molar refractivity (Wildman–Crippen MR) is 18.6 cm³/mol. The number of rotatable bonds is 2. The van der Waals surface area contributed by atoms with E-state index in [2.05, 4.69) is 0 Å². The zero-order valence-corrected chi connectivity index (χ0v) is 9.39. The molecule has 0 aromatic carbocycles. The van der Waals surface area contributed by atoms with Crippen LogP contribution in [0, 0.1) is 0 Å². The fourth-order valence-corrected chi connectivity index (χ4v) is 0.136. The second-order valence-electron chi connectivity index (χ2n) is 0.865. The summed E-state index contributed by atoms with van der Waals surface area (Å²) in [5, 5.41) is 18.9. The zero-order chi connectivity index (χ0) is 4.83. The van der Waals surface area contributed by atoms with Gasteiger partial charge in [-0.3, -0.25) is 0 Å². The average Bonchev–Trinajstić information content (AvgIpc) is 1.61. The first-order valence-corrected chi connectivity index (χ1v) is 1.77. The second-order valence-corrected chi connectivity index (χ2v) is 0.865. The van der Waals surface area contributed by atoms with Gasteiger partial charge in [0.1, 0.15) is 0 Å². The third-order valence-electron chi connectivity index (χ3n) is 0.381. The summed E-state index contributed by atoms with van der Waals surface area (Å²) in [5.74, 6) is 0. The topological polar surface area (TPSA) is 46.1 Å². The Morgan fingerprint density at radius 1 is 1.25 bits per heavy atom. The molecule has 0 rings (SSSR count). The summed E-state index contributed by atoms with van der Waals surface area (Å²) in [6.45, 7) is -0.182. The summed E-state index contributed by atoms with van der Waals surface area (Å²) < 4.78 is 0. The minimum Gasteiger partial charge on any atom is -0.878 e. The fourth-order valence-electron chi connectivity index (χ4n) is 0.136. The molecule has 0 N–H and O–H groups in total. The van der Waals surface area contributed by atoms with E-state index in [4.69, 9.17) is 0 Å². The SMILES string of the molecule is [Na+].[Na+].[O-]C=CCC[O-]. The molecule has 0 heterocycles. The van der Waals surface area contributed by atoms with Crippen LogP contribution in [0.3, 0.4) is 0 Å². The van der Waals surface area contributed by atoms with Gasteiger partial charge in [-0.05, 0) is 0 Å². The van der Waals surface area contributed by atoms with Gasteiger partial charge >= 0.3 is 59.1 Å². The van der Waals surface area contributed by atoms with E-state index < -0.39 is 0 Å². The monoisotopic (exact) mass is 132 g/mol. The molecule has 0 unspecified atom stereocenters. The van der Waals surface area contributed by atoms with Crippen LogP contribution in [0.25, 0.3) is 0 Å². The van der Waals surface area contributed by atoms with Gasteiger partial charge in [-0.2, -0.15) is 6.26 Å². The first-order valence-electron chi connectivity index (χ1n) is 1.77. The van der Waals surface area contributed by atoms with E-state index in [1.165, 1.54) is 6.08 Å². The van der Waals surface area contributed by atoms with Crippen molar-refractivity contribution in [2.75, 3.05) is 6.61 Å². The van der Waals surface area contributed by atoms with Crippen molar-refractivity contribution in [1.29, 1.82) is 0 Å². The second kappa shape index (κ2) is 15.8. The van der Waals surface area contributed by atoms with Crippen molar-refractivity contribution in [1.82, 2.24) is 0 Å². The summed E-state index contributed by atoms with van der Waals surface area (Å²) in [6, 6.07) is 0. The normalized spacial score (nSPS) is 7.62. The molecule has 0 saturated carbocycles. The molecule has 0 aliphatic rings. The summed E-state index contributed by atoms with van der Waals surface area (Å²) in [4.78, 5) is 0. The Bertz CT molecular complexity index is 47.3. The Labute approximate surface area is 93.6 Å². The van der Waals surface area contributed by atoms with Gasteiger partial charge in [0.2, 0.25) is 0 Å². The summed E-state index contributed by atoms with van der Waals surface area (Å²) in [6.07, 6.45) is 2.31. The van der Waals surface area contributed by atoms with Crippen molar-refractivity contribution >= 4 is 0 Å². The van der Waals surface area contributed by atoms with Crippen LogP contribution < -0.4 is 69.3 Å². The molecule has 4 heteroatoms. The van der Waals surface area contributed by atoms with Crippen molar-refractivity contribution in [3.63, 3.8) is 0 Å². The molecule has 0 spiro atoms. The van der Waals surface area contributed by atoms with E-state index in [1.807, 2.05) is 0 Å². The molecular weight excluding hydrogens is 126 g/mol. The molecule has 0 atom stereocenters. The number of hydrogen-bond acceptors (Lipinski definition) is 2. The quantitative estimate of drug-likeness (QED) is 0.277. The van der Waals surface area contributed by atoms with Crippen LogP contribution in [0.15, 0.2) is 12.3 Å². The zero-order valence-electron chi connectivity index (χ0n) is 5.39. The van der Waals surface area contributed by atoms with Crippen LogP contribution in [0.4, 0.5) is 0 Å². The Morgan fingerprint density at radius 2 is 1.75 bits per heavy atom. The van der Waals surface area contributed by atoms with Gasteiger partial charge in [-0.1, -0.05) is 6.42 Å². The van der Waals surface area contributed by atoms with Gasteiger partial charge in [0, 0.05) is 0 Å². The fraction of sp³-hybridized carbons (Fsp3) is 0.500. The maximum Gasteiger partial charge on any atom is 1.00 e. The molecule has 0 saturated heterocycles. The van der Waals surface area contributed by atoms with Crippen molar-refractivity contribution < 1.29 is 69.3 Å². The van der Waals surface area contributed by atoms with E-state index in [0.29, 0.717) is 12.7 Å². The van der Waals surface area contributed by atoms with Crippen LogP contribution in [0.5, 0.6) is 0 Å². The first kappa shape index (κ1) is 16.2. The van der Waals surface area contributed by atoms with Crippen LogP contribution in [0.2, 0.25) is 0 Å². The van der Waals surface area contributed by atoms with Crippen LogP contribution in [-0.2, 0) is 0 Å². The molecule has 2 nitrogen and oxygen atoms in total. The molecule has 0 fully saturated rings. The van der Waals surface area contributed by atoms with E-state index in [-0.39, 0.29) is 65.7 Å². The third-order valence-corrected chi connectivity index (χ3v) is 0.381. The Kier molecular flexibility index (Phi) is 32.1. The third kappa shape index (κ3) is 15.6. The molecular formula is C4H6Na2O2. The minimum atomic E-state index is -0.182. The Hall–Kier alpha value is 1.50. The first-order chi connectivity index (χ1) is 2.91. The maximum absolute atomic E-state index is 9.50. The predicted octanol–water partition coefficient (Wildman–Crippen LogP) is -7.38. The molecule has 0 bridgehead atoms. The van der Waals surface area contributed by atoms with Crippen molar-refractivity contribution in [3.8, 4) is 0 Å². The van der Waals surface area contributed by atoms with Gasteiger partial charge in [0.25, 0.3) is 0 Å². The molecule has 0 aromatic heterocycles. The van der Waals surface area contributed by atoms with E-state index in [0.717, 1.165) is 0 Å². The van der Waals surface area contributed by atoms with Gasteiger partial charge in [0.15, 0.2) is 0 Å².